The minimum absolute atomic E-state index is 0.174. The van der Waals surface area contributed by atoms with Crippen LogP contribution in [0.15, 0.2) is 54.7 Å². The van der Waals surface area contributed by atoms with Crippen LogP contribution in [0.25, 0.3) is 0 Å². The van der Waals surface area contributed by atoms with Crippen LogP contribution >= 0.6 is 0 Å². The number of hydrogen-bond donors (Lipinski definition) is 1. The molecule has 0 unspecified atom stereocenters. The molecule has 7 heteroatoms. The normalized spacial score (nSPS) is 13.9. The number of benzene rings is 1. The Kier molecular flexibility index (Phi) is 5.88. The molecule has 2 aromatic heterocycles. The van der Waals surface area contributed by atoms with Crippen LogP contribution in [0, 0.1) is 13.8 Å². The van der Waals surface area contributed by atoms with E-state index in [1.807, 2.05) is 67.3 Å². The van der Waals surface area contributed by atoms with Crippen molar-refractivity contribution in [1.29, 1.82) is 0 Å². The second-order valence-electron chi connectivity index (χ2n) is 7.53. The van der Waals surface area contributed by atoms with E-state index < -0.39 is 0 Å². The standard InChI is InChI=1S/C23H26N6O/c1-17-8-9-24-20(14-17)27-21-16-22(26-18(2)25-21)28-10-12-29(13-11-28)23(30)15-19-6-4-3-5-7-19/h3-9,14,16H,10-13,15H2,1-2H3,(H,24,25,26,27). The summed E-state index contributed by atoms with van der Waals surface area (Å²) in [6.07, 6.45) is 2.23. The van der Waals surface area contributed by atoms with E-state index in [0.717, 1.165) is 41.7 Å². The topological polar surface area (TPSA) is 74.2 Å². The van der Waals surface area contributed by atoms with Crippen LogP contribution in [0.4, 0.5) is 17.5 Å². The molecule has 0 saturated carbocycles. The van der Waals surface area contributed by atoms with Crippen LogP contribution in [-0.2, 0) is 11.2 Å². The van der Waals surface area contributed by atoms with Gasteiger partial charge in [-0.25, -0.2) is 15.0 Å². The monoisotopic (exact) mass is 402 g/mol. The van der Waals surface area contributed by atoms with E-state index in [-0.39, 0.29) is 5.91 Å². The Hall–Kier alpha value is -3.48. The predicted molar refractivity (Wildman–Crippen MR) is 118 cm³/mol. The number of carbonyl (C=O) groups is 1. The summed E-state index contributed by atoms with van der Waals surface area (Å²) in [5.41, 5.74) is 2.19. The van der Waals surface area contributed by atoms with Crippen molar-refractivity contribution in [2.75, 3.05) is 36.4 Å². The number of carbonyl (C=O) groups excluding carboxylic acids is 1. The summed E-state index contributed by atoms with van der Waals surface area (Å²) in [4.78, 5) is 30.2. The maximum atomic E-state index is 12.6. The average Bonchev–Trinajstić information content (AvgIpc) is 2.74. The minimum atomic E-state index is 0.174. The van der Waals surface area contributed by atoms with Gasteiger partial charge in [-0.15, -0.1) is 0 Å². The average molecular weight is 403 g/mol. The van der Waals surface area contributed by atoms with Crippen LogP contribution in [0.3, 0.4) is 0 Å². The van der Waals surface area contributed by atoms with Gasteiger partial charge in [-0.2, -0.15) is 0 Å². The molecule has 0 aliphatic carbocycles. The summed E-state index contributed by atoms with van der Waals surface area (Å²) < 4.78 is 0. The second-order valence-corrected chi connectivity index (χ2v) is 7.53. The number of anilines is 3. The third-order valence-electron chi connectivity index (χ3n) is 5.15. The number of hydrogen-bond acceptors (Lipinski definition) is 6. The van der Waals surface area contributed by atoms with Gasteiger partial charge in [-0.05, 0) is 37.1 Å². The lowest BCUT2D eigenvalue weighted by Crippen LogP contribution is -2.49. The van der Waals surface area contributed by atoms with Gasteiger partial charge < -0.3 is 15.1 Å². The zero-order chi connectivity index (χ0) is 20.9. The van der Waals surface area contributed by atoms with Crippen molar-refractivity contribution in [2.45, 2.75) is 20.3 Å². The largest absolute Gasteiger partial charge is 0.353 e. The van der Waals surface area contributed by atoms with Gasteiger partial charge in [0.25, 0.3) is 0 Å². The van der Waals surface area contributed by atoms with Gasteiger partial charge >= 0.3 is 0 Å². The zero-order valence-corrected chi connectivity index (χ0v) is 17.4. The highest BCUT2D eigenvalue weighted by Gasteiger charge is 2.22. The molecular formula is C23H26N6O. The summed E-state index contributed by atoms with van der Waals surface area (Å²) in [6.45, 7) is 6.80. The molecule has 3 heterocycles. The van der Waals surface area contributed by atoms with Crippen molar-refractivity contribution in [1.82, 2.24) is 19.9 Å². The third kappa shape index (κ3) is 4.92. The number of nitrogens with zero attached hydrogens (tertiary/aromatic N) is 5. The molecule has 1 aromatic carbocycles. The van der Waals surface area contributed by atoms with E-state index in [1.165, 1.54) is 0 Å². The van der Waals surface area contributed by atoms with Crippen molar-refractivity contribution in [3.05, 3.63) is 71.7 Å². The molecule has 4 rings (SSSR count). The van der Waals surface area contributed by atoms with E-state index in [1.54, 1.807) is 6.20 Å². The van der Waals surface area contributed by atoms with Crippen LogP contribution in [0.2, 0.25) is 0 Å². The second kappa shape index (κ2) is 8.90. The molecule has 1 amide bonds. The smallest absolute Gasteiger partial charge is 0.227 e. The highest BCUT2D eigenvalue weighted by atomic mass is 16.2. The van der Waals surface area contributed by atoms with Crippen molar-refractivity contribution in [3.63, 3.8) is 0 Å². The van der Waals surface area contributed by atoms with E-state index in [2.05, 4.69) is 25.2 Å². The summed E-state index contributed by atoms with van der Waals surface area (Å²) in [5.74, 6) is 3.22. The number of aryl methyl sites for hydroxylation is 2. The summed E-state index contributed by atoms with van der Waals surface area (Å²) in [5, 5.41) is 3.27. The number of aromatic nitrogens is 3. The van der Waals surface area contributed by atoms with Gasteiger partial charge in [0.05, 0.1) is 6.42 Å². The summed E-state index contributed by atoms with van der Waals surface area (Å²) >= 11 is 0. The Labute approximate surface area is 176 Å². The molecule has 0 bridgehead atoms. The first-order chi connectivity index (χ1) is 14.6. The third-order valence-corrected chi connectivity index (χ3v) is 5.15. The number of rotatable bonds is 5. The van der Waals surface area contributed by atoms with Crippen molar-refractivity contribution < 1.29 is 4.79 Å². The SMILES string of the molecule is Cc1ccnc(Nc2cc(N3CCN(C(=O)Cc4ccccc4)CC3)nc(C)n2)c1. The molecule has 1 aliphatic rings. The van der Waals surface area contributed by atoms with Gasteiger partial charge in [0, 0.05) is 38.4 Å². The number of piperazine rings is 1. The van der Waals surface area contributed by atoms with E-state index in [4.69, 9.17) is 0 Å². The molecule has 154 valence electrons. The quantitative estimate of drug-likeness (QED) is 0.707. The molecule has 30 heavy (non-hydrogen) atoms. The number of amides is 1. The first-order valence-corrected chi connectivity index (χ1v) is 10.2. The van der Waals surface area contributed by atoms with Gasteiger partial charge in [0.2, 0.25) is 5.91 Å². The lowest BCUT2D eigenvalue weighted by Gasteiger charge is -2.35. The fraction of sp³-hybridized carbons (Fsp3) is 0.304. The fourth-order valence-electron chi connectivity index (χ4n) is 3.58. The molecule has 1 aliphatic heterocycles. The zero-order valence-electron chi connectivity index (χ0n) is 17.4. The molecule has 0 spiro atoms. The Bertz CT molecular complexity index is 1020. The van der Waals surface area contributed by atoms with E-state index in [9.17, 15) is 4.79 Å². The number of pyridine rings is 1. The van der Waals surface area contributed by atoms with Crippen LogP contribution in [0.5, 0.6) is 0 Å². The van der Waals surface area contributed by atoms with Gasteiger partial charge in [0.1, 0.15) is 23.3 Å². The Morgan fingerprint density at radius 1 is 0.967 bits per heavy atom. The molecule has 1 fully saturated rings. The highest BCUT2D eigenvalue weighted by Crippen LogP contribution is 2.21. The minimum Gasteiger partial charge on any atom is -0.353 e. The predicted octanol–water partition coefficient (Wildman–Crippen LogP) is 3.12. The molecule has 3 aromatic rings. The number of nitrogens with one attached hydrogen (secondary N) is 1. The molecule has 1 saturated heterocycles. The molecule has 7 nitrogen and oxygen atoms in total. The maximum absolute atomic E-state index is 12.6. The molecule has 0 atom stereocenters. The Morgan fingerprint density at radius 2 is 1.73 bits per heavy atom. The van der Waals surface area contributed by atoms with E-state index >= 15 is 0 Å². The lowest BCUT2D eigenvalue weighted by molar-refractivity contribution is -0.130. The lowest BCUT2D eigenvalue weighted by atomic mass is 10.1. The van der Waals surface area contributed by atoms with Gasteiger partial charge in [0.15, 0.2) is 0 Å². The van der Waals surface area contributed by atoms with Crippen molar-refractivity contribution in [3.8, 4) is 0 Å². The Morgan fingerprint density at radius 3 is 2.47 bits per heavy atom. The fourth-order valence-corrected chi connectivity index (χ4v) is 3.58. The van der Waals surface area contributed by atoms with Crippen molar-refractivity contribution >= 4 is 23.4 Å². The van der Waals surface area contributed by atoms with Crippen molar-refractivity contribution in [2.24, 2.45) is 0 Å². The molecule has 0 radical (unpaired) electrons. The molecule has 1 N–H and O–H groups in total. The highest BCUT2D eigenvalue weighted by molar-refractivity contribution is 5.79. The van der Waals surface area contributed by atoms with Gasteiger partial charge in [-0.3, -0.25) is 4.79 Å². The molecular weight excluding hydrogens is 376 g/mol. The van der Waals surface area contributed by atoms with Crippen LogP contribution < -0.4 is 10.2 Å². The Balaban J connectivity index is 1.39. The van der Waals surface area contributed by atoms with Gasteiger partial charge in [-0.1, -0.05) is 30.3 Å². The van der Waals surface area contributed by atoms with E-state index in [0.29, 0.717) is 25.3 Å². The first kappa shape index (κ1) is 19.8. The van der Waals surface area contributed by atoms with Crippen LogP contribution in [-0.4, -0.2) is 51.9 Å². The summed E-state index contributed by atoms with van der Waals surface area (Å²) in [7, 11) is 0. The first-order valence-electron chi connectivity index (χ1n) is 10.2. The summed E-state index contributed by atoms with van der Waals surface area (Å²) in [6, 6.07) is 15.8. The maximum Gasteiger partial charge on any atom is 0.227 e. The van der Waals surface area contributed by atoms with Crippen LogP contribution in [0.1, 0.15) is 17.0 Å².